The van der Waals surface area contributed by atoms with E-state index in [4.69, 9.17) is 4.74 Å². The molecule has 3 heterocycles. The van der Waals surface area contributed by atoms with Crippen LogP contribution in [0.3, 0.4) is 0 Å². The number of benzene rings is 1. The van der Waals surface area contributed by atoms with Gasteiger partial charge in [-0.15, -0.1) is 0 Å². The van der Waals surface area contributed by atoms with Crippen LogP contribution in [0.2, 0.25) is 0 Å². The van der Waals surface area contributed by atoms with E-state index in [0.717, 1.165) is 36.2 Å². The fourth-order valence-electron chi connectivity index (χ4n) is 3.38. The molecule has 1 fully saturated rings. The number of hydrogen-bond donors (Lipinski definition) is 2. The van der Waals surface area contributed by atoms with Crippen molar-refractivity contribution in [2.24, 2.45) is 0 Å². The lowest BCUT2D eigenvalue weighted by molar-refractivity contribution is -0.111. The van der Waals surface area contributed by atoms with Gasteiger partial charge in [-0.1, -0.05) is 6.58 Å². The number of carbonyl (C=O) groups excluding carboxylic acids is 1. The second-order valence-corrected chi connectivity index (χ2v) is 7.60. The second-order valence-electron chi connectivity index (χ2n) is 6.75. The Morgan fingerprint density at radius 1 is 1.37 bits per heavy atom. The highest BCUT2D eigenvalue weighted by atomic mass is 79.9. The second kappa shape index (κ2) is 8.62. The molecule has 0 radical (unpaired) electrons. The van der Waals surface area contributed by atoms with E-state index in [-0.39, 0.29) is 11.9 Å². The molecule has 1 atom stereocenters. The van der Waals surface area contributed by atoms with Gasteiger partial charge in [0.15, 0.2) is 0 Å². The highest BCUT2D eigenvalue weighted by Gasteiger charge is 2.25. The van der Waals surface area contributed by atoms with Gasteiger partial charge < -0.3 is 20.3 Å². The molecular weight excluding hydrogens is 450 g/mol. The van der Waals surface area contributed by atoms with E-state index < -0.39 is 0 Å². The Labute approximate surface area is 181 Å². The lowest BCUT2D eigenvalue weighted by atomic mass is 10.2. The quantitative estimate of drug-likeness (QED) is 0.530. The predicted octanol–water partition coefficient (Wildman–Crippen LogP) is 3.01. The van der Waals surface area contributed by atoms with Crippen molar-refractivity contribution in [1.82, 2.24) is 19.9 Å². The lowest BCUT2D eigenvalue weighted by Crippen LogP contribution is -2.27. The summed E-state index contributed by atoms with van der Waals surface area (Å²) >= 11 is 3.36. The molecule has 4 rings (SSSR count). The average molecular weight is 470 g/mol. The molecule has 1 aliphatic rings. The van der Waals surface area contributed by atoms with Gasteiger partial charge in [0.25, 0.3) is 0 Å². The molecule has 1 aliphatic heterocycles. The zero-order valence-corrected chi connectivity index (χ0v) is 17.9. The Hall–Kier alpha value is -3.27. The Bertz CT molecular complexity index is 1110. The van der Waals surface area contributed by atoms with Crippen LogP contribution in [-0.2, 0) is 4.79 Å². The van der Waals surface area contributed by atoms with Crippen LogP contribution in [0, 0.1) is 0 Å². The van der Waals surface area contributed by atoms with Gasteiger partial charge in [-0.3, -0.25) is 4.79 Å². The minimum atomic E-state index is -0.260. The molecule has 0 saturated carbocycles. The summed E-state index contributed by atoms with van der Waals surface area (Å²) in [7, 11) is 1.57. The standard InChI is InChI=1S/C20H20BrN7O2/c1-3-17(29)25-12-4-5-14-16(8-12)23-11-24-18(14)28-7-6-13(10-28)26-20-22-9-15(21)19(27-20)30-2/h3-5,8-9,11,13H,1,6-7,10H2,2H3,(H,25,29)(H,22,26,27)/t13-/m1/s1. The van der Waals surface area contributed by atoms with E-state index in [9.17, 15) is 4.79 Å². The molecule has 1 aromatic carbocycles. The number of ether oxygens (including phenoxy) is 1. The summed E-state index contributed by atoms with van der Waals surface area (Å²) in [6.45, 7) is 5.06. The largest absolute Gasteiger partial charge is 0.480 e. The van der Waals surface area contributed by atoms with Gasteiger partial charge in [0.2, 0.25) is 17.7 Å². The number of nitrogens with zero attached hydrogens (tertiary/aromatic N) is 5. The first kappa shape index (κ1) is 20.0. The molecule has 10 heteroatoms. The number of aromatic nitrogens is 4. The maximum absolute atomic E-state index is 11.5. The van der Waals surface area contributed by atoms with Crippen molar-refractivity contribution in [3.63, 3.8) is 0 Å². The number of carbonyl (C=O) groups is 1. The number of halogens is 1. The third kappa shape index (κ3) is 4.18. The van der Waals surface area contributed by atoms with E-state index in [0.29, 0.717) is 22.0 Å². The average Bonchev–Trinajstić information content (AvgIpc) is 3.22. The van der Waals surface area contributed by atoms with Crippen molar-refractivity contribution >= 4 is 50.2 Å². The van der Waals surface area contributed by atoms with E-state index in [2.05, 4.69) is 58.0 Å². The first-order valence-corrected chi connectivity index (χ1v) is 10.1. The van der Waals surface area contributed by atoms with Crippen LogP contribution in [0.4, 0.5) is 17.5 Å². The first-order valence-electron chi connectivity index (χ1n) is 9.33. The summed E-state index contributed by atoms with van der Waals surface area (Å²) in [5.41, 5.74) is 1.43. The number of methoxy groups -OCH3 is 1. The van der Waals surface area contributed by atoms with Gasteiger partial charge in [-0.2, -0.15) is 4.98 Å². The predicted molar refractivity (Wildman–Crippen MR) is 119 cm³/mol. The fourth-order valence-corrected chi connectivity index (χ4v) is 3.74. The minimum Gasteiger partial charge on any atom is -0.480 e. The summed E-state index contributed by atoms with van der Waals surface area (Å²) in [6.07, 6.45) is 5.36. The molecule has 9 nitrogen and oxygen atoms in total. The van der Waals surface area contributed by atoms with Gasteiger partial charge in [0.05, 0.1) is 23.3 Å². The van der Waals surface area contributed by atoms with Crippen molar-refractivity contribution in [2.45, 2.75) is 12.5 Å². The zero-order valence-electron chi connectivity index (χ0n) is 16.3. The number of hydrogen-bond acceptors (Lipinski definition) is 8. The Balaban J connectivity index is 1.51. The summed E-state index contributed by atoms with van der Waals surface area (Å²) < 4.78 is 5.94. The molecule has 30 heavy (non-hydrogen) atoms. The Morgan fingerprint density at radius 2 is 2.23 bits per heavy atom. The highest BCUT2D eigenvalue weighted by Crippen LogP contribution is 2.29. The zero-order chi connectivity index (χ0) is 21.1. The number of anilines is 3. The SMILES string of the molecule is C=CC(=O)Nc1ccc2c(N3CC[C@@H](Nc4ncc(Br)c(OC)n4)C3)ncnc2c1. The third-order valence-electron chi connectivity index (χ3n) is 4.79. The van der Waals surface area contributed by atoms with Gasteiger partial charge >= 0.3 is 0 Å². The Morgan fingerprint density at radius 3 is 3.03 bits per heavy atom. The van der Waals surface area contributed by atoms with Gasteiger partial charge in [0, 0.05) is 30.2 Å². The molecule has 0 spiro atoms. The van der Waals surface area contributed by atoms with E-state index in [1.54, 1.807) is 19.6 Å². The summed E-state index contributed by atoms with van der Waals surface area (Å²) in [5.74, 6) is 1.62. The smallest absolute Gasteiger partial charge is 0.247 e. The van der Waals surface area contributed by atoms with Crippen LogP contribution in [0.25, 0.3) is 10.9 Å². The van der Waals surface area contributed by atoms with Crippen LogP contribution in [0.15, 0.2) is 47.9 Å². The summed E-state index contributed by atoms with van der Waals surface area (Å²) in [6, 6.07) is 5.76. The van der Waals surface area contributed by atoms with Crippen LogP contribution in [0.1, 0.15) is 6.42 Å². The van der Waals surface area contributed by atoms with Crippen LogP contribution >= 0.6 is 15.9 Å². The number of fused-ring (bicyclic) bond motifs is 1. The van der Waals surface area contributed by atoms with Crippen molar-refractivity contribution in [1.29, 1.82) is 0 Å². The minimum absolute atomic E-state index is 0.173. The summed E-state index contributed by atoms with van der Waals surface area (Å²) in [4.78, 5) is 31.3. The van der Waals surface area contributed by atoms with Gasteiger partial charge in [-0.25, -0.2) is 15.0 Å². The fraction of sp³-hybridized carbons (Fsp3) is 0.250. The number of amides is 1. The lowest BCUT2D eigenvalue weighted by Gasteiger charge is -2.19. The molecule has 1 saturated heterocycles. The molecule has 0 bridgehead atoms. The maximum atomic E-state index is 11.5. The topological polar surface area (TPSA) is 105 Å². The van der Waals surface area contributed by atoms with Crippen LogP contribution in [0.5, 0.6) is 5.88 Å². The molecular formula is C20H20BrN7O2. The maximum Gasteiger partial charge on any atom is 0.247 e. The molecule has 2 N–H and O–H groups in total. The Kier molecular flexibility index (Phi) is 5.75. The van der Waals surface area contributed by atoms with Crippen LogP contribution in [-0.4, -0.2) is 52.1 Å². The number of rotatable bonds is 6. The van der Waals surface area contributed by atoms with Crippen molar-refractivity contribution in [3.8, 4) is 5.88 Å². The number of nitrogens with one attached hydrogen (secondary N) is 2. The highest BCUT2D eigenvalue weighted by molar-refractivity contribution is 9.10. The van der Waals surface area contributed by atoms with E-state index in [1.165, 1.54) is 6.08 Å². The van der Waals surface area contributed by atoms with Crippen molar-refractivity contribution in [2.75, 3.05) is 35.7 Å². The summed E-state index contributed by atoms with van der Waals surface area (Å²) in [5, 5.41) is 7.04. The van der Waals surface area contributed by atoms with E-state index >= 15 is 0 Å². The van der Waals surface area contributed by atoms with Gasteiger partial charge in [0.1, 0.15) is 12.1 Å². The molecule has 0 unspecified atom stereocenters. The third-order valence-corrected chi connectivity index (χ3v) is 5.34. The van der Waals surface area contributed by atoms with Crippen molar-refractivity contribution in [3.05, 3.63) is 47.9 Å². The molecule has 1 amide bonds. The molecule has 154 valence electrons. The van der Waals surface area contributed by atoms with Crippen molar-refractivity contribution < 1.29 is 9.53 Å². The monoisotopic (exact) mass is 469 g/mol. The van der Waals surface area contributed by atoms with Crippen LogP contribution < -0.4 is 20.3 Å². The molecule has 0 aliphatic carbocycles. The normalized spacial score (nSPS) is 15.8. The van der Waals surface area contributed by atoms with E-state index in [1.807, 2.05) is 18.2 Å². The first-order chi connectivity index (χ1) is 14.6. The molecule has 2 aromatic heterocycles. The van der Waals surface area contributed by atoms with Gasteiger partial charge in [-0.05, 0) is 46.6 Å². The molecule has 3 aromatic rings.